The molecule has 3 aromatic rings. The lowest BCUT2D eigenvalue weighted by molar-refractivity contribution is -0.120. The van der Waals surface area contributed by atoms with Gasteiger partial charge in [0.2, 0.25) is 5.91 Å². The maximum absolute atomic E-state index is 12.6. The van der Waals surface area contributed by atoms with Crippen molar-refractivity contribution >= 4 is 17.2 Å². The number of aromatic nitrogens is 1. The Bertz CT molecular complexity index is 1030. The number of para-hydroxylation sites is 1. The Balaban J connectivity index is 1.61. The van der Waals surface area contributed by atoms with Gasteiger partial charge >= 0.3 is 6.61 Å². The van der Waals surface area contributed by atoms with Gasteiger partial charge in [0.05, 0.1) is 31.4 Å². The number of methoxy groups -OCH3 is 1. The van der Waals surface area contributed by atoms with Gasteiger partial charge in [-0.25, -0.2) is 4.98 Å². The Kier molecular flexibility index (Phi) is 7.77. The summed E-state index contributed by atoms with van der Waals surface area (Å²) >= 11 is 1.44. The van der Waals surface area contributed by atoms with E-state index in [1.54, 1.807) is 6.07 Å². The molecule has 31 heavy (non-hydrogen) atoms. The standard InChI is InChI=1S/C22H22F2N2O4S/c1-3-29-17-7-5-4-6-16(17)21-26-15(13-31-21)11-20(27)25-12-14-8-9-18(28-2)19(10-14)30-22(23)24/h4-10,13,22H,3,11-12H2,1-2H3,(H,25,27). The summed E-state index contributed by atoms with van der Waals surface area (Å²) in [6.07, 6.45) is 0.101. The molecule has 0 aliphatic carbocycles. The SMILES string of the molecule is CCOc1ccccc1-c1nc(CC(=O)NCc2ccc(OC)c(OC(F)F)c2)cs1. The molecule has 0 aliphatic heterocycles. The zero-order valence-corrected chi connectivity index (χ0v) is 17.9. The number of rotatable bonds is 10. The Morgan fingerprint density at radius 1 is 1.16 bits per heavy atom. The minimum Gasteiger partial charge on any atom is -0.493 e. The minimum atomic E-state index is -2.97. The number of nitrogens with one attached hydrogen (secondary N) is 1. The van der Waals surface area contributed by atoms with E-state index in [1.165, 1.54) is 30.6 Å². The number of nitrogens with zero attached hydrogens (tertiary/aromatic N) is 1. The number of alkyl halides is 2. The van der Waals surface area contributed by atoms with Crippen LogP contribution in [-0.4, -0.2) is 31.2 Å². The lowest BCUT2D eigenvalue weighted by atomic mass is 10.2. The summed E-state index contributed by atoms with van der Waals surface area (Å²) in [5.41, 5.74) is 2.13. The molecule has 0 radical (unpaired) electrons. The fourth-order valence-electron chi connectivity index (χ4n) is 2.88. The summed E-state index contributed by atoms with van der Waals surface area (Å²) in [5.74, 6) is 0.623. The molecule has 3 rings (SSSR count). The number of halogens is 2. The van der Waals surface area contributed by atoms with Gasteiger partial charge in [0.15, 0.2) is 11.5 Å². The van der Waals surface area contributed by atoms with Crippen LogP contribution in [0.3, 0.4) is 0 Å². The molecule has 0 spiro atoms. The first-order valence-corrected chi connectivity index (χ1v) is 10.4. The van der Waals surface area contributed by atoms with E-state index in [0.29, 0.717) is 17.9 Å². The van der Waals surface area contributed by atoms with Gasteiger partial charge in [0.1, 0.15) is 10.8 Å². The highest BCUT2D eigenvalue weighted by atomic mass is 32.1. The van der Waals surface area contributed by atoms with E-state index in [1.807, 2.05) is 36.6 Å². The van der Waals surface area contributed by atoms with Crippen LogP contribution in [0.15, 0.2) is 47.8 Å². The first-order chi connectivity index (χ1) is 15.0. The molecule has 0 saturated carbocycles. The van der Waals surface area contributed by atoms with Gasteiger partial charge in [-0.15, -0.1) is 11.3 Å². The average molecular weight is 448 g/mol. The van der Waals surface area contributed by atoms with Crippen LogP contribution < -0.4 is 19.5 Å². The van der Waals surface area contributed by atoms with E-state index >= 15 is 0 Å². The van der Waals surface area contributed by atoms with Crippen LogP contribution in [0.25, 0.3) is 10.6 Å². The van der Waals surface area contributed by atoms with E-state index in [9.17, 15) is 13.6 Å². The van der Waals surface area contributed by atoms with Crippen molar-refractivity contribution in [3.63, 3.8) is 0 Å². The Labute approximate surface area is 182 Å². The summed E-state index contributed by atoms with van der Waals surface area (Å²) in [4.78, 5) is 16.9. The third-order valence-electron chi connectivity index (χ3n) is 4.24. The van der Waals surface area contributed by atoms with Crippen LogP contribution in [0.5, 0.6) is 17.2 Å². The van der Waals surface area contributed by atoms with Crippen LogP contribution in [-0.2, 0) is 17.8 Å². The molecule has 164 valence electrons. The second-order valence-corrected chi connectivity index (χ2v) is 7.25. The predicted octanol–water partition coefficient (Wildman–Crippen LogP) is 4.68. The van der Waals surface area contributed by atoms with Gasteiger partial charge in [-0.3, -0.25) is 4.79 Å². The van der Waals surface area contributed by atoms with E-state index in [4.69, 9.17) is 9.47 Å². The smallest absolute Gasteiger partial charge is 0.387 e. The average Bonchev–Trinajstić information content (AvgIpc) is 3.21. The summed E-state index contributed by atoms with van der Waals surface area (Å²) in [6, 6.07) is 12.2. The van der Waals surface area contributed by atoms with Crippen molar-refractivity contribution in [2.24, 2.45) is 0 Å². The van der Waals surface area contributed by atoms with Crippen LogP contribution in [0.2, 0.25) is 0 Å². The van der Waals surface area contributed by atoms with Crippen LogP contribution >= 0.6 is 11.3 Å². The summed E-state index contributed by atoms with van der Waals surface area (Å²) in [7, 11) is 1.37. The van der Waals surface area contributed by atoms with E-state index < -0.39 is 6.61 Å². The molecule has 0 atom stereocenters. The molecule has 2 aromatic carbocycles. The maximum Gasteiger partial charge on any atom is 0.387 e. The molecule has 0 saturated heterocycles. The lowest BCUT2D eigenvalue weighted by Crippen LogP contribution is -2.24. The molecule has 0 fully saturated rings. The monoisotopic (exact) mass is 448 g/mol. The summed E-state index contributed by atoms with van der Waals surface area (Å²) in [6.45, 7) is -0.343. The van der Waals surface area contributed by atoms with Crippen molar-refractivity contribution in [2.45, 2.75) is 26.5 Å². The molecule has 1 amide bonds. The lowest BCUT2D eigenvalue weighted by Gasteiger charge is -2.12. The maximum atomic E-state index is 12.6. The fraction of sp³-hybridized carbons (Fsp3) is 0.273. The van der Waals surface area contributed by atoms with Crippen LogP contribution in [0.4, 0.5) is 8.78 Å². The van der Waals surface area contributed by atoms with Crippen molar-refractivity contribution in [3.8, 4) is 27.8 Å². The number of benzene rings is 2. The van der Waals surface area contributed by atoms with Crippen molar-refractivity contribution in [1.29, 1.82) is 0 Å². The van der Waals surface area contributed by atoms with Gasteiger partial charge in [0.25, 0.3) is 0 Å². The number of hydrogen-bond donors (Lipinski definition) is 1. The van der Waals surface area contributed by atoms with Crippen molar-refractivity contribution < 1.29 is 27.8 Å². The Hall–Kier alpha value is -3.20. The Morgan fingerprint density at radius 3 is 2.71 bits per heavy atom. The zero-order chi connectivity index (χ0) is 22.2. The summed E-state index contributed by atoms with van der Waals surface area (Å²) in [5, 5.41) is 5.37. The predicted molar refractivity (Wildman–Crippen MR) is 114 cm³/mol. The molecular formula is C22H22F2N2O4S. The second kappa shape index (κ2) is 10.7. The van der Waals surface area contributed by atoms with Gasteiger partial charge in [0, 0.05) is 11.9 Å². The topological polar surface area (TPSA) is 69.7 Å². The highest BCUT2D eigenvalue weighted by Crippen LogP contribution is 2.32. The first-order valence-electron chi connectivity index (χ1n) is 9.55. The van der Waals surface area contributed by atoms with Crippen LogP contribution in [0.1, 0.15) is 18.2 Å². The van der Waals surface area contributed by atoms with Gasteiger partial charge in [-0.2, -0.15) is 8.78 Å². The van der Waals surface area contributed by atoms with Crippen molar-refractivity contribution in [1.82, 2.24) is 10.3 Å². The normalized spacial score (nSPS) is 10.7. The third kappa shape index (κ3) is 6.14. The molecule has 1 heterocycles. The second-order valence-electron chi connectivity index (χ2n) is 6.39. The number of amides is 1. The number of thiazole rings is 1. The van der Waals surface area contributed by atoms with Crippen LogP contribution in [0, 0.1) is 0 Å². The zero-order valence-electron chi connectivity index (χ0n) is 17.1. The summed E-state index contributed by atoms with van der Waals surface area (Å²) < 4.78 is 40.2. The fourth-order valence-corrected chi connectivity index (χ4v) is 3.73. The van der Waals surface area contributed by atoms with Gasteiger partial charge in [-0.05, 0) is 36.8 Å². The van der Waals surface area contributed by atoms with Gasteiger partial charge < -0.3 is 19.5 Å². The highest BCUT2D eigenvalue weighted by Gasteiger charge is 2.14. The minimum absolute atomic E-state index is 0.0821. The molecular weight excluding hydrogens is 426 g/mol. The molecule has 1 N–H and O–H groups in total. The molecule has 9 heteroatoms. The van der Waals surface area contributed by atoms with E-state index in [0.717, 1.165) is 16.3 Å². The van der Waals surface area contributed by atoms with E-state index in [2.05, 4.69) is 15.0 Å². The van der Waals surface area contributed by atoms with Crippen molar-refractivity contribution in [3.05, 3.63) is 59.1 Å². The molecule has 6 nitrogen and oxygen atoms in total. The molecule has 1 aromatic heterocycles. The van der Waals surface area contributed by atoms with Gasteiger partial charge in [-0.1, -0.05) is 18.2 Å². The Morgan fingerprint density at radius 2 is 1.97 bits per heavy atom. The number of ether oxygens (including phenoxy) is 3. The van der Waals surface area contributed by atoms with Crippen molar-refractivity contribution in [2.75, 3.05) is 13.7 Å². The number of carbonyl (C=O) groups is 1. The quantitative estimate of drug-likeness (QED) is 0.488. The number of carbonyl (C=O) groups excluding carboxylic acids is 1. The highest BCUT2D eigenvalue weighted by molar-refractivity contribution is 7.13. The molecule has 0 aliphatic rings. The largest absolute Gasteiger partial charge is 0.493 e. The van der Waals surface area contributed by atoms with E-state index in [-0.39, 0.29) is 30.4 Å². The molecule has 0 bridgehead atoms. The number of hydrogen-bond acceptors (Lipinski definition) is 6. The third-order valence-corrected chi connectivity index (χ3v) is 5.17. The molecule has 0 unspecified atom stereocenters. The first kappa shape index (κ1) is 22.5.